The highest BCUT2D eigenvalue weighted by Gasteiger charge is 2.15. The first kappa shape index (κ1) is 13.5. The number of nitrogens with zero attached hydrogens (tertiary/aromatic N) is 3. The second-order valence-corrected chi connectivity index (χ2v) is 6.25. The molecule has 1 N–H and O–H groups in total. The van der Waals surface area contributed by atoms with Gasteiger partial charge < -0.3 is 10.2 Å². The number of anilines is 1. The number of hydrogen-bond acceptors (Lipinski definition) is 6. The zero-order valence-electron chi connectivity index (χ0n) is 11.0. The maximum absolute atomic E-state index is 11.7. The predicted molar refractivity (Wildman–Crippen MR) is 81.7 cm³/mol. The summed E-state index contributed by atoms with van der Waals surface area (Å²) in [5, 5.41) is 7.82. The van der Waals surface area contributed by atoms with E-state index in [1.165, 1.54) is 24.2 Å². The van der Waals surface area contributed by atoms with E-state index in [1.807, 2.05) is 0 Å². The van der Waals surface area contributed by atoms with Gasteiger partial charge in [-0.15, -0.1) is 22.7 Å². The molecular weight excluding hydrogens is 292 g/mol. The topological polar surface area (TPSA) is 58.1 Å². The van der Waals surface area contributed by atoms with E-state index in [0.717, 1.165) is 30.3 Å². The molecule has 0 spiro atoms. The molecular formula is C13H16N4OS2. The van der Waals surface area contributed by atoms with Crippen molar-refractivity contribution >= 4 is 33.7 Å². The van der Waals surface area contributed by atoms with Gasteiger partial charge in [-0.1, -0.05) is 0 Å². The lowest BCUT2D eigenvalue weighted by molar-refractivity contribution is 0.0950. The van der Waals surface area contributed by atoms with Crippen LogP contribution in [0.2, 0.25) is 0 Å². The van der Waals surface area contributed by atoms with Crippen LogP contribution in [0.1, 0.15) is 29.0 Å². The zero-order chi connectivity index (χ0) is 13.8. The molecule has 3 rings (SSSR count). The van der Waals surface area contributed by atoms with Gasteiger partial charge in [0.05, 0.1) is 11.2 Å². The van der Waals surface area contributed by atoms with Crippen molar-refractivity contribution in [3.8, 4) is 0 Å². The average molecular weight is 308 g/mol. The Morgan fingerprint density at radius 3 is 2.95 bits per heavy atom. The Labute approximate surface area is 125 Å². The molecule has 0 aliphatic carbocycles. The Morgan fingerprint density at radius 1 is 1.35 bits per heavy atom. The van der Waals surface area contributed by atoms with Crippen molar-refractivity contribution in [2.45, 2.75) is 19.3 Å². The van der Waals surface area contributed by atoms with Crippen LogP contribution < -0.4 is 10.2 Å². The Balaban J connectivity index is 1.48. The van der Waals surface area contributed by atoms with Crippen LogP contribution in [0.5, 0.6) is 0 Å². The van der Waals surface area contributed by atoms with E-state index in [4.69, 9.17) is 0 Å². The molecule has 1 saturated heterocycles. The predicted octanol–water partition coefficient (Wildman–Crippen LogP) is 2.17. The molecule has 2 aromatic rings. The number of nitrogens with one attached hydrogen (secondary N) is 1. The first-order valence-corrected chi connectivity index (χ1v) is 8.51. The molecule has 0 saturated carbocycles. The fourth-order valence-electron chi connectivity index (χ4n) is 2.18. The van der Waals surface area contributed by atoms with Crippen molar-refractivity contribution in [3.63, 3.8) is 0 Å². The van der Waals surface area contributed by atoms with Crippen LogP contribution in [-0.4, -0.2) is 35.5 Å². The third-order valence-corrected chi connectivity index (χ3v) is 4.78. The summed E-state index contributed by atoms with van der Waals surface area (Å²) in [6, 6.07) is 0. The lowest BCUT2D eigenvalue weighted by Gasteiger charge is -2.12. The highest BCUT2D eigenvalue weighted by Crippen LogP contribution is 2.24. The second-order valence-electron chi connectivity index (χ2n) is 4.70. The summed E-state index contributed by atoms with van der Waals surface area (Å²) in [7, 11) is 0. The number of hydrogen-bond donors (Lipinski definition) is 1. The molecule has 1 aliphatic rings. The van der Waals surface area contributed by atoms with E-state index in [0.29, 0.717) is 12.2 Å². The first-order valence-electron chi connectivity index (χ1n) is 6.68. The summed E-state index contributed by atoms with van der Waals surface area (Å²) in [5.74, 6) is -0.110. The monoisotopic (exact) mass is 308 g/mol. The summed E-state index contributed by atoms with van der Waals surface area (Å²) in [6.45, 7) is 2.83. The van der Waals surface area contributed by atoms with E-state index in [9.17, 15) is 4.79 Å². The molecule has 0 aromatic carbocycles. The fourth-order valence-corrected chi connectivity index (χ4v) is 3.63. The SMILES string of the molecule is O=C(NCCc1csc(N2CCCC2)n1)c1cscn1. The number of amides is 1. The van der Waals surface area contributed by atoms with Crippen LogP contribution in [0.3, 0.4) is 0 Å². The molecule has 0 unspecified atom stereocenters. The minimum absolute atomic E-state index is 0.110. The Morgan fingerprint density at radius 2 is 2.20 bits per heavy atom. The lowest BCUT2D eigenvalue weighted by Crippen LogP contribution is -2.26. The van der Waals surface area contributed by atoms with Crippen LogP contribution >= 0.6 is 22.7 Å². The maximum atomic E-state index is 11.7. The molecule has 7 heteroatoms. The largest absolute Gasteiger partial charge is 0.350 e. The quantitative estimate of drug-likeness (QED) is 0.920. The number of carbonyl (C=O) groups is 1. The molecule has 1 aliphatic heterocycles. The summed E-state index contributed by atoms with van der Waals surface area (Å²) in [5.41, 5.74) is 3.21. The van der Waals surface area contributed by atoms with Crippen molar-refractivity contribution in [1.82, 2.24) is 15.3 Å². The average Bonchev–Trinajstić information content (AvgIpc) is 3.20. The molecule has 2 aromatic heterocycles. The molecule has 0 radical (unpaired) electrons. The Kier molecular flexibility index (Phi) is 4.27. The van der Waals surface area contributed by atoms with Crippen molar-refractivity contribution in [1.29, 1.82) is 0 Å². The third-order valence-electron chi connectivity index (χ3n) is 3.25. The highest BCUT2D eigenvalue weighted by molar-refractivity contribution is 7.13. The van der Waals surface area contributed by atoms with Gasteiger partial charge in [-0.05, 0) is 12.8 Å². The standard InChI is InChI=1S/C13H16N4OS2/c18-12(11-8-19-9-15-11)14-4-3-10-7-20-13(16-10)17-5-1-2-6-17/h7-9H,1-6H2,(H,14,18). The molecule has 1 amide bonds. The molecule has 3 heterocycles. The van der Waals surface area contributed by atoms with E-state index in [1.54, 1.807) is 22.2 Å². The molecule has 0 atom stereocenters. The van der Waals surface area contributed by atoms with E-state index >= 15 is 0 Å². The third kappa shape index (κ3) is 3.16. The Bertz CT molecular complexity index is 561. The number of aromatic nitrogens is 2. The van der Waals surface area contributed by atoms with Gasteiger partial charge in [-0.3, -0.25) is 4.79 Å². The van der Waals surface area contributed by atoms with Gasteiger partial charge in [-0.2, -0.15) is 0 Å². The number of rotatable bonds is 5. The van der Waals surface area contributed by atoms with Crippen molar-refractivity contribution in [3.05, 3.63) is 27.7 Å². The van der Waals surface area contributed by atoms with Gasteiger partial charge in [0.1, 0.15) is 5.69 Å². The number of carbonyl (C=O) groups excluding carboxylic acids is 1. The van der Waals surface area contributed by atoms with E-state index in [2.05, 4.69) is 25.6 Å². The summed E-state index contributed by atoms with van der Waals surface area (Å²) in [6.07, 6.45) is 3.29. The first-order chi connectivity index (χ1) is 9.83. The maximum Gasteiger partial charge on any atom is 0.270 e. The Hall–Kier alpha value is -1.47. The van der Waals surface area contributed by atoms with Crippen LogP contribution in [0.25, 0.3) is 0 Å². The van der Waals surface area contributed by atoms with Gasteiger partial charge in [-0.25, -0.2) is 9.97 Å². The van der Waals surface area contributed by atoms with Crippen molar-refractivity contribution in [2.75, 3.05) is 24.5 Å². The molecule has 106 valence electrons. The van der Waals surface area contributed by atoms with Crippen LogP contribution in [0.4, 0.5) is 5.13 Å². The minimum atomic E-state index is -0.110. The molecule has 20 heavy (non-hydrogen) atoms. The lowest BCUT2D eigenvalue weighted by atomic mass is 10.3. The van der Waals surface area contributed by atoms with Crippen LogP contribution in [0, 0.1) is 0 Å². The van der Waals surface area contributed by atoms with Crippen molar-refractivity contribution < 1.29 is 4.79 Å². The molecule has 5 nitrogen and oxygen atoms in total. The summed E-state index contributed by atoms with van der Waals surface area (Å²) in [4.78, 5) is 22.7. The normalized spacial score (nSPS) is 14.7. The molecule has 0 bridgehead atoms. The summed E-state index contributed by atoms with van der Waals surface area (Å²) < 4.78 is 0. The summed E-state index contributed by atoms with van der Waals surface area (Å²) >= 11 is 3.12. The minimum Gasteiger partial charge on any atom is -0.350 e. The van der Waals surface area contributed by atoms with Gasteiger partial charge >= 0.3 is 0 Å². The van der Waals surface area contributed by atoms with Crippen molar-refractivity contribution in [2.24, 2.45) is 0 Å². The van der Waals surface area contributed by atoms with Crippen LogP contribution in [-0.2, 0) is 6.42 Å². The van der Waals surface area contributed by atoms with Gasteiger partial charge in [0, 0.05) is 36.8 Å². The van der Waals surface area contributed by atoms with E-state index in [-0.39, 0.29) is 5.91 Å². The zero-order valence-corrected chi connectivity index (χ0v) is 12.7. The smallest absolute Gasteiger partial charge is 0.270 e. The van der Waals surface area contributed by atoms with Gasteiger partial charge in [0.2, 0.25) is 0 Å². The van der Waals surface area contributed by atoms with E-state index < -0.39 is 0 Å². The highest BCUT2D eigenvalue weighted by atomic mass is 32.1. The van der Waals surface area contributed by atoms with Gasteiger partial charge in [0.25, 0.3) is 5.91 Å². The fraction of sp³-hybridized carbons (Fsp3) is 0.462. The molecule has 1 fully saturated rings. The van der Waals surface area contributed by atoms with Gasteiger partial charge in [0.15, 0.2) is 5.13 Å². The van der Waals surface area contributed by atoms with Crippen LogP contribution in [0.15, 0.2) is 16.3 Å². The number of thiazole rings is 2. The second kappa shape index (κ2) is 6.32.